The van der Waals surface area contributed by atoms with Gasteiger partial charge in [-0.05, 0) is 80.7 Å². The first-order chi connectivity index (χ1) is 39.8. The Morgan fingerprint density at radius 1 is 0.810 bits per heavy atom. The third-order valence-electron chi connectivity index (χ3n) is 21.7. The number of rotatable bonds is 11. The molecule has 4 aromatic rings. The number of nitrogens with zero attached hydrogens (tertiary/aromatic N) is 3. The van der Waals surface area contributed by atoms with Crippen molar-refractivity contribution in [2.24, 2.45) is 57.7 Å². The lowest BCUT2D eigenvalue weighted by Gasteiger charge is -2.67. The second kappa shape index (κ2) is 18.2. The van der Waals surface area contributed by atoms with E-state index in [1.807, 2.05) is 32.9 Å². The maximum Gasteiger partial charge on any atom is 0.341 e. The van der Waals surface area contributed by atoms with Gasteiger partial charge < -0.3 is 68.4 Å². The molecule has 14 rings (SSSR count). The number of aromatic hydroxyl groups is 1. The van der Waals surface area contributed by atoms with Crippen molar-refractivity contribution in [2.45, 2.75) is 160 Å². The Morgan fingerprint density at radius 3 is 2.25 bits per heavy atom. The maximum absolute atomic E-state index is 14.5. The van der Waals surface area contributed by atoms with Gasteiger partial charge in [0.05, 0.1) is 41.5 Å². The highest BCUT2D eigenvalue weighted by atomic mass is 16.8. The van der Waals surface area contributed by atoms with Crippen LogP contribution in [0.3, 0.4) is 0 Å². The number of esters is 5. The first-order valence-corrected chi connectivity index (χ1v) is 28.8. The molecule has 0 bridgehead atoms. The van der Waals surface area contributed by atoms with Crippen molar-refractivity contribution in [3.05, 3.63) is 94.8 Å². The van der Waals surface area contributed by atoms with Crippen LogP contribution in [0.25, 0.3) is 0 Å². The number of hydrogen-bond donors (Lipinski definition) is 5. The van der Waals surface area contributed by atoms with Crippen LogP contribution in [0.15, 0.2) is 66.9 Å². The molecule has 10 aliphatic rings. The van der Waals surface area contributed by atoms with Crippen LogP contribution in [-0.2, 0) is 75.9 Å². The molecule has 0 radical (unpaired) electrons. The van der Waals surface area contributed by atoms with Crippen LogP contribution in [-0.4, -0.2) is 137 Å². The number of benzene rings is 3. The van der Waals surface area contributed by atoms with Crippen molar-refractivity contribution >= 4 is 35.8 Å². The molecule has 2 spiro atoms. The summed E-state index contributed by atoms with van der Waals surface area (Å²) < 4.78 is 57.7. The maximum atomic E-state index is 14.5. The normalized spacial score (nSPS) is 42.4. The van der Waals surface area contributed by atoms with Crippen LogP contribution < -0.4 is 14.8 Å². The van der Waals surface area contributed by atoms with Gasteiger partial charge in [0, 0.05) is 91.1 Å². The first-order valence-electron chi connectivity index (χ1n) is 28.8. The Balaban J connectivity index is 0.730. The lowest BCUT2D eigenvalue weighted by atomic mass is 9.40. The van der Waals surface area contributed by atoms with Crippen molar-refractivity contribution in [1.82, 2.24) is 20.3 Å². The minimum Gasteiger partial charge on any atom is -0.508 e. The zero-order valence-corrected chi connectivity index (χ0v) is 47.4. The fourth-order valence-corrected chi connectivity index (χ4v) is 18.4. The summed E-state index contributed by atoms with van der Waals surface area (Å²) in [5, 5.41) is 61.2. The molecule has 3 aromatic carbocycles. The molecule has 3 saturated heterocycles. The third kappa shape index (κ3) is 7.15. The average molecular weight is 1160 g/mol. The van der Waals surface area contributed by atoms with Gasteiger partial charge in [0.2, 0.25) is 11.7 Å². The van der Waals surface area contributed by atoms with Crippen LogP contribution >= 0.6 is 0 Å². The Kier molecular flexibility index (Phi) is 11.8. The Hall–Kier alpha value is -7.18. The molecule has 3 unspecified atom stereocenters. The number of aliphatic hydroxyl groups is 3. The second-order valence-electron chi connectivity index (χ2n) is 25.8. The van der Waals surface area contributed by atoms with Gasteiger partial charge in [-0.1, -0.05) is 44.2 Å². The number of hydrogen-bond acceptors (Lipinski definition) is 21. The van der Waals surface area contributed by atoms with Gasteiger partial charge in [-0.15, -0.1) is 5.10 Å². The molecule has 1 amide bonds. The van der Waals surface area contributed by atoms with Crippen molar-refractivity contribution in [3.63, 3.8) is 0 Å². The minimum absolute atomic E-state index is 0.00380. The highest BCUT2D eigenvalue weighted by Crippen LogP contribution is 2.81. The summed E-state index contributed by atoms with van der Waals surface area (Å²) in [6.45, 7) is 12.5. The van der Waals surface area contributed by atoms with E-state index in [9.17, 15) is 49.2 Å². The molecule has 5 aliphatic heterocycles. The molecule has 84 heavy (non-hydrogen) atoms. The summed E-state index contributed by atoms with van der Waals surface area (Å²) in [5.41, 5.74) is -5.14. The van der Waals surface area contributed by atoms with E-state index >= 15 is 0 Å². The smallest absolute Gasteiger partial charge is 0.341 e. The predicted octanol–water partition coefficient (Wildman–Crippen LogP) is 3.89. The standard InChI is InChI=1S/C61H66N4O19/c1-25-42-45(58(7)59(8,75)55(74)84-61(58)51(25)82-61)48(72)43-41-44(50(77-26(2)66)53(57(42,43)6)79-28(4)68)56(5)36(22-39-49(81-39)52(56)78-27(3)67)46(47(41)71)62-40(70)14-11-19-65-23-29(63-64-65)24-76-31-16-18-35-38(21-31)80-37-20-30(69)15-17-34(37)60(35)33-13-10-9-12-32(33)54(73)83-60/h9-10,12-13,15-18,20-21,23,25,36,39,41-53,69,71-72,75H,11,14,19,22,24H2,1-8H3,(H,62,70)/t25-,36+,39-,41?,42-,43+,44?,45-,46-,47+,48+,49-,50-,51+,52-,53-,56-,57+,58-,59+,60?,61-/m0/s1. The number of carbonyl (C=O) groups is 6. The largest absolute Gasteiger partial charge is 0.508 e. The van der Waals surface area contributed by atoms with Gasteiger partial charge >= 0.3 is 29.8 Å². The zero-order valence-electron chi connectivity index (χ0n) is 47.4. The van der Waals surface area contributed by atoms with E-state index in [-0.39, 0.29) is 38.2 Å². The van der Waals surface area contributed by atoms with Gasteiger partial charge in [0.25, 0.3) is 0 Å². The number of phenolic OH excluding ortho intramolecular Hbond substituents is 1. The fourth-order valence-electron chi connectivity index (χ4n) is 18.4. The van der Waals surface area contributed by atoms with Crippen molar-refractivity contribution < 1.29 is 91.8 Å². The number of nitrogens with one attached hydrogen (secondary N) is 1. The number of aliphatic hydroxyl groups excluding tert-OH is 2. The molecule has 8 fully saturated rings. The Labute approximate surface area is 481 Å². The summed E-state index contributed by atoms with van der Waals surface area (Å²) in [5.74, 6) is -10.6. The van der Waals surface area contributed by atoms with Gasteiger partial charge in [-0.3, -0.25) is 23.9 Å². The monoisotopic (exact) mass is 1160 g/mol. The molecular formula is C61H66N4O19. The average Bonchev–Trinajstić information content (AvgIpc) is 1.44. The molecule has 1 aromatic heterocycles. The van der Waals surface area contributed by atoms with Crippen LogP contribution in [0, 0.1) is 57.7 Å². The molecular weight excluding hydrogens is 1090 g/mol. The SMILES string of the molecule is CC(=O)O[C@H]1C2C([C@@H](O)[C@@H](NC(=O)CCCn3cc(COc4ccc5c(c4)Oc4cc(O)ccc4C54OC(=O)c5ccccc54)nn3)[C@H]3C[C@@H]4O[C@@H]4[C@H](OC(C)=O)[C@]23C)[C@@H]2[C@@H](O)[C@@H]3[C@H]([C@H](C)[C@H]4O[C@]45OC(=O)[C@@](C)(O)[C@]35C)[C@@]2(C)[C@H]1OC(C)=O. The predicted molar refractivity (Wildman–Crippen MR) is 283 cm³/mol. The number of fused-ring (bicyclic) bond motifs is 15. The first kappa shape index (κ1) is 54.7. The lowest BCUT2D eigenvalue weighted by Crippen LogP contribution is -2.77. The van der Waals surface area contributed by atoms with Gasteiger partial charge in [0.1, 0.15) is 65.8 Å². The lowest BCUT2D eigenvalue weighted by molar-refractivity contribution is -0.286. The quantitative estimate of drug-likeness (QED) is 0.0808. The fraction of sp³-hybridized carbons (Fsp3) is 0.574. The number of carbonyl (C=O) groups excluding carboxylic acids is 6. The molecule has 22 atom stereocenters. The van der Waals surface area contributed by atoms with Crippen LogP contribution in [0.5, 0.6) is 23.0 Å². The molecule has 5 aliphatic carbocycles. The topological polar surface area (TPSA) is 316 Å². The van der Waals surface area contributed by atoms with E-state index in [4.69, 9.17) is 42.6 Å². The molecule has 5 N–H and O–H groups in total. The van der Waals surface area contributed by atoms with Crippen LogP contribution in [0.1, 0.15) is 107 Å². The van der Waals surface area contributed by atoms with Gasteiger partial charge in [-0.2, -0.15) is 0 Å². The highest BCUT2D eigenvalue weighted by Gasteiger charge is 2.93. The summed E-state index contributed by atoms with van der Waals surface area (Å²) in [6.07, 6.45) is -6.15. The van der Waals surface area contributed by atoms with Crippen molar-refractivity contribution in [1.29, 1.82) is 0 Å². The molecule has 23 heteroatoms. The highest BCUT2D eigenvalue weighted by molar-refractivity contribution is 5.97. The second-order valence-corrected chi connectivity index (χ2v) is 25.8. The number of phenols is 1. The van der Waals surface area contributed by atoms with E-state index in [1.165, 1.54) is 39.8 Å². The number of epoxide rings is 2. The number of amides is 1. The van der Waals surface area contributed by atoms with Crippen molar-refractivity contribution in [3.8, 4) is 23.0 Å². The summed E-state index contributed by atoms with van der Waals surface area (Å²) >= 11 is 0. The van der Waals surface area contributed by atoms with Gasteiger partial charge in [0.15, 0.2) is 11.2 Å². The zero-order chi connectivity index (χ0) is 59.3. The van der Waals surface area contributed by atoms with E-state index in [0.29, 0.717) is 45.2 Å². The molecule has 23 nitrogen and oxygen atoms in total. The number of ether oxygens (including phenoxy) is 9. The summed E-state index contributed by atoms with van der Waals surface area (Å²) in [7, 11) is 0. The van der Waals surface area contributed by atoms with E-state index in [2.05, 4.69) is 15.6 Å². The summed E-state index contributed by atoms with van der Waals surface area (Å²) in [6, 6.07) is 15.9. The van der Waals surface area contributed by atoms with Crippen LogP contribution in [0.2, 0.25) is 0 Å². The molecule has 6 heterocycles. The summed E-state index contributed by atoms with van der Waals surface area (Å²) in [4.78, 5) is 81.8. The number of aryl methyl sites for hydroxylation is 1. The van der Waals surface area contributed by atoms with Crippen molar-refractivity contribution in [2.75, 3.05) is 0 Å². The minimum atomic E-state index is -2.18. The number of aromatic nitrogens is 3. The van der Waals surface area contributed by atoms with E-state index in [0.717, 1.165) is 0 Å². The van der Waals surface area contributed by atoms with Crippen LogP contribution in [0.4, 0.5) is 0 Å². The third-order valence-corrected chi connectivity index (χ3v) is 21.7. The Morgan fingerprint density at radius 2 is 1.51 bits per heavy atom. The Bertz CT molecular complexity index is 3520. The van der Waals surface area contributed by atoms with E-state index in [1.54, 1.807) is 54.2 Å². The van der Waals surface area contributed by atoms with E-state index < -0.39 is 165 Å². The molecule has 5 saturated carbocycles. The molecule has 444 valence electrons. The van der Waals surface area contributed by atoms with Gasteiger partial charge in [-0.25, -0.2) is 9.59 Å².